The van der Waals surface area contributed by atoms with E-state index in [0.717, 1.165) is 6.42 Å². The molecular weight excluding hydrogens is 178 g/mol. The molecule has 0 spiro atoms. The van der Waals surface area contributed by atoms with Gasteiger partial charge in [0.05, 0.1) is 11.9 Å². The third-order valence-corrected chi connectivity index (χ3v) is 3.32. The Morgan fingerprint density at radius 3 is 2.33 bits per heavy atom. The van der Waals surface area contributed by atoms with Gasteiger partial charge >= 0.3 is 0 Å². The number of rotatable bonds is 3. The largest absolute Gasteiger partial charge is 0.387 e. The summed E-state index contributed by atoms with van der Waals surface area (Å²) in [6.07, 6.45) is 2.73. The molecule has 0 aromatic rings. The van der Waals surface area contributed by atoms with Crippen LogP contribution in [0.1, 0.15) is 19.8 Å². The Bertz CT molecular complexity index is 254. The standard InChI is InChI=1S/C7H15NO3S/c1-3-4-7(9)5-8(6-7)12(2,10)11/h9H,3-6H2,1-2H3. The second-order valence-corrected chi connectivity index (χ2v) is 5.49. The summed E-state index contributed by atoms with van der Waals surface area (Å²) in [5.41, 5.74) is -0.752. The monoisotopic (exact) mass is 193 g/mol. The summed E-state index contributed by atoms with van der Waals surface area (Å²) < 4.78 is 23.1. The highest BCUT2D eigenvalue weighted by molar-refractivity contribution is 7.88. The summed E-state index contributed by atoms with van der Waals surface area (Å²) in [5.74, 6) is 0. The molecule has 1 aliphatic rings. The molecule has 1 N–H and O–H groups in total. The molecule has 1 heterocycles. The van der Waals surface area contributed by atoms with E-state index < -0.39 is 15.6 Å². The van der Waals surface area contributed by atoms with Gasteiger partial charge < -0.3 is 5.11 Å². The molecule has 0 aromatic heterocycles. The first-order valence-electron chi connectivity index (χ1n) is 4.05. The van der Waals surface area contributed by atoms with E-state index in [9.17, 15) is 13.5 Å². The van der Waals surface area contributed by atoms with Crippen LogP contribution in [-0.2, 0) is 10.0 Å². The Hall–Kier alpha value is -0.130. The SMILES string of the molecule is CCCC1(O)CN(S(C)(=O)=O)C1. The first-order valence-corrected chi connectivity index (χ1v) is 5.90. The maximum Gasteiger partial charge on any atom is 0.211 e. The van der Waals surface area contributed by atoms with Crippen LogP contribution < -0.4 is 0 Å². The summed E-state index contributed by atoms with van der Waals surface area (Å²) in [6, 6.07) is 0. The van der Waals surface area contributed by atoms with Crippen LogP contribution >= 0.6 is 0 Å². The van der Waals surface area contributed by atoms with Gasteiger partial charge in [0.1, 0.15) is 0 Å². The molecule has 4 nitrogen and oxygen atoms in total. The van der Waals surface area contributed by atoms with E-state index in [1.807, 2.05) is 6.92 Å². The molecule has 72 valence electrons. The first-order chi connectivity index (χ1) is 5.37. The van der Waals surface area contributed by atoms with E-state index in [-0.39, 0.29) is 13.1 Å². The van der Waals surface area contributed by atoms with Crippen LogP contribution in [0.5, 0.6) is 0 Å². The highest BCUT2D eigenvalue weighted by Gasteiger charge is 2.44. The molecule has 1 saturated heterocycles. The van der Waals surface area contributed by atoms with Crippen LogP contribution in [0.4, 0.5) is 0 Å². The summed E-state index contributed by atoms with van der Waals surface area (Å²) in [6.45, 7) is 2.50. The van der Waals surface area contributed by atoms with Gasteiger partial charge in [-0.1, -0.05) is 13.3 Å². The average molecular weight is 193 g/mol. The molecule has 0 bridgehead atoms. The van der Waals surface area contributed by atoms with E-state index in [1.165, 1.54) is 10.6 Å². The summed E-state index contributed by atoms with van der Waals surface area (Å²) in [4.78, 5) is 0. The number of hydrogen-bond donors (Lipinski definition) is 1. The lowest BCUT2D eigenvalue weighted by atomic mass is 9.92. The average Bonchev–Trinajstić information content (AvgIpc) is 1.81. The summed E-state index contributed by atoms with van der Waals surface area (Å²) >= 11 is 0. The number of nitrogens with zero attached hydrogens (tertiary/aromatic N) is 1. The summed E-state index contributed by atoms with van der Waals surface area (Å²) in [7, 11) is -3.08. The third kappa shape index (κ3) is 1.97. The van der Waals surface area contributed by atoms with Crippen molar-refractivity contribution >= 4 is 10.0 Å². The van der Waals surface area contributed by atoms with Crippen molar-refractivity contribution in [2.45, 2.75) is 25.4 Å². The molecule has 0 saturated carbocycles. The number of aliphatic hydroxyl groups is 1. The molecular formula is C7H15NO3S. The molecule has 0 unspecified atom stereocenters. The lowest BCUT2D eigenvalue weighted by molar-refractivity contribution is -0.0650. The lowest BCUT2D eigenvalue weighted by Crippen LogP contribution is -2.62. The van der Waals surface area contributed by atoms with Gasteiger partial charge in [-0.05, 0) is 6.42 Å². The Labute approximate surface area is 73.2 Å². The predicted molar refractivity (Wildman–Crippen MR) is 46.3 cm³/mol. The van der Waals surface area contributed by atoms with Crippen molar-refractivity contribution in [1.82, 2.24) is 4.31 Å². The predicted octanol–water partition coefficient (Wildman–Crippen LogP) is -0.207. The highest BCUT2D eigenvalue weighted by atomic mass is 32.2. The second-order valence-electron chi connectivity index (χ2n) is 3.51. The maximum absolute atomic E-state index is 10.9. The Morgan fingerprint density at radius 2 is 2.00 bits per heavy atom. The first kappa shape index (κ1) is 9.95. The second kappa shape index (κ2) is 2.97. The van der Waals surface area contributed by atoms with Crippen LogP contribution in [0.2, 0.25) is 0 Å². The van der Waals surface area contributed by atoms with Gasteiger partial charge in [0, 0.05) is 13.1 Å². The van der Waals surface area contributed by atoms with E-state index in [1.54, 1.807) is 0 Å². The van der Waals surface area contributed by atoms with Gasteiger partial charge in [-0.3, -0.25) is 0 Å². The Morgan fingerprint density at radius 1 is 1.50 bits per heavy atom. The Balaban J connectivity index is 2.47. The van der Waals surface area contributed by atoms with E-state index in [4.69, 9.17) is 0 Å². The van der Waals surface area contributed by atoms with Crippen molar-refractivity contribution in [2.24, 2.45) is 0 Å². The van der Waals surface area contributed by atoms with Crippen LogP contribution in [-0.4, -0.2) is 42.8 Å². The minimum absolute atomic E-state index is 0.264. The molecule has 1 aliphatic heterocycles. The summed E-state index contributed by atoms with van der Waals surface area (Å²) in [5, 5.41) is 9.64. The van der Waals surface area contributed by atoms with Crippen molar-refractivity contribution in [3.63, 3.8) is 0 Å². The maximum atomic E-state index is 10.9. The van der Waals surface area contributed by atoms with Gasteiger partial charge in [-0.2, -0.15) is 4.31 Å². The fraction of sp³-hybridized carbons (Fsp3) is 1.00. The van der Waals surface area contributed by atoms with E-state index in [2.05, 4.69) is 0 Å². The van der Waals surface area contributed by atoms with Crippen molar-refractivity contribution in [3.8, 4) is 0 Å². The fourth-order valence-corrected chi connectivity index (χ4v) is 2.42. The van der Waals surface area contributed by atoms with Crippen molar-refractivity contribution in [2.75, 3.05) is 19.3 Å². The lowest BCUT2D eigenvalue weighted by Gasteiger charge is -2.44. The molecule has 5 heteroatoms. The quantitative estimate of drug-likeness (QED) is 0.675. The van der Waals surface area contributed by atoms with Gasteiger partial charge in [-0.25, -0.2) is 8.42 Å². The minimum atomic E-state index is -3.08. The fourth-order valence-electron chi connectivity index (χ4n) is 1.47. The van der Waals surface area contributed by atoms with E-state index in [0.29, 0.717) is 6.42 Å². The number of sulfonamides is 1. The molecule has 0 radical (unpaired) electrons. The van der Waals surface area contributed by atoms with Gasteiger partial charge in [0.25, 0.3) is 0 Å². The van der Waals surface area contributed by atoms with E-state index >= 15 is 0 Å². The van der Waals surface area contributed by atoms with Crippen molar-refractivity contribution in [1.29, 1.82) is 0 Å². The zero-order valence-corrected chi connectivity index (χ0v) is 8.26. The Kier molecular flexibility index (Phi) is 2.47. The molecule has 0 atom stereocenters. The molecule has 0 aliphatic carbocycles. The minimum Gasteiger partial charge on any atom is -0.387 e. The topological polar surface area (TPSA) is 57.6 Å². The van der Waals surface area contributed by atoms with Crippen LogP contribution in [0.25, 0.3) is 0 Å². The number of β-amino-alcohol motifs (C(OH)–C–C–N with tert-alkyl or cyclic N) is 1. The third-order valence-electron chi connectivity index (χ3n) is 2.13. The molecule has 1 rings (SSSR count). The van der Waals surface area contributed by atoms with Crippen molar-refractivity contribution in [3.05, 3.63) is 0 Å². The van der Waals surface area contributed by atoms with Gasteiger partial charge in [0.2, 0.25) is 10.0 Å². The van der Waals surface area contributed by atoms with Crippen LogP contribution in [0.3, 0.4) is 0 Å². The van der Waals surface area contributed by atoms with Gasteiger partial charge in [-0.15, -0.1) is 0 Å². The zero-order valence-electron chi connectivity index (χ0n) is 7.45. The highest BCUT2D eigenvalue weighted by Crippen LogP contribution is 2.27. The normalized spacial score (nSPS) is 23.6. The molecule has 0 aromatic carbocycles. The molecule has 0 amide bonds. The van der Waals surface area contributed by atoms with Crippen LogP contribution in [0, 0.1) is 0 Å². The molecule has 1 fully saturated rings. The molecule has 12 heavy (non-hydrogen) atoms. The van der Waals surface area contributed by atoms with Gasteiger partial charge in [0.15, 0.2) is 0 Å². The van der Waals surface area contributed by atoms with Crippen LogP contribution in [0.15, 0.2) is 0 Å². The number of hydrogen-bond acceptors (Lipinski definition) is 3. The smallest absolute Gasteiger partial charge is 0.211 e. The van der Waals surface area contributed by atoms with Crippen molar-refractivity contribution < 1.29 is 13.5 Å². The zero-order chi connectivity index (χ0) is 9.41.